The molecule has 0 aliphatic carbocycles. The van der Waals surface area contributed by atoms with Crippen LogP contribution in [0.25, 0.3) is 0 Å². The molecule has 11 heteroatoms. The highest BCUT2D eigenvalue weighted by Crippen LogP contribution is 2.36. The van der Waals surface area contributed by atoms with Crippen LogP contribution < -0.4 is 15.0 Å². The van der Waals surface area contributed by atoms with Crippen LogP contribution in [-0.4, -0.2) is 51.7 Å². The lowest BCUT2D eigenvalue weighted by atomic mass is 10.1. The summed E-state index contributed by atoms with van der Waals surface area (Å²) in [5, 5.41) is 14.2. The van der Waals surface area contributed by atoms with Crippen LogP contribution in [0.15, 0.2) is 30.7 Å². The van der Waals surface area contributed by atoms with Crippen molar-refractivity contribution >= 4 is 29.0 Å². The molecular formula is C19H21N5O6. The van der Waals surface area contributed by atoms with E-state index in [1.165, 1.54) is 38.6 Å². The molecule has 1 saturated heterocycles. The molecule has 1 aromatic carbocycles. The van der Waals surface area contributed by atoms with E-state index >= 15 is 0 Å². The first-order valence-corrected chi connectivity index (χ1v) is 9.24. The van der Waals surface area contributed by atoms with Crippen molar-refractivity contribution in [3.63, 3.8) is 0 Å². The van der Waals surface area contributed by atoms with E-state index in [1.54, 1.807) is 6.20 Å². The Kier molecular flexibility index (Phi) is 6.09. The second kappa shape index (κ2) is 8.72. The van der Waals surface area contributed by atoms with Gasteiger partial charge in [-0.2, -0.15) is 0 Å². The number of anilines is 1. The number of carbonyl (C=O) groups excluding carboxylic acids is 3. The molecule has 0 radical (unpaired) electrons. The number of nitrogens with zero attached hydrogens (tertiary/aromatic N) is 3. The molecule has 2 aromatic rings. The normalized spacial score (nSPS) is 16.9. The zero-order valence-electron chi connectivity index (χ0n) is 16.5. The summed E-state index contributed by atoms with van der Waals surface area (Å²) >= 11 is 0. The number of rotatable bonds is 8. The number of aromatic amines is 1. The topological polar surface area (TPSA) is 148 Å². The molecule has 0 spiro atoms. The molecule has 2 heterocycles. The SMILES string of the molecule is COc1ccc(N2C(=O)CC[C@H]2C(=O)N[C@@H](Cc2cnc[nH]2)C(C)=O)c([N+](=O)[O-])c1. The van der Waals surface area contributed by atoms with Gasteiger partial charge in [-0.15, -0.1) is 0 Å². The largest absolute Gasteiger partial charge is 0.496 e. The van der Waals surface area contributed by atoms with Crippen molar-refractivity contribution in [2.75, 3.05) is 12.0 Å². The predicted octanol–water partition coefficient (Wildman–Crippen LogP) is 1.14. The van der Waals surface area contributed by atoms with Crippen molar-refractivity contribution in [3.8, 4) is 5.75 Å². The summed E-state index contributed by atoms with van der Waals surface area (Å²) in [7, 11) is 1.37. The molecule has 1 aliphatic heterocycles. The third kappa shape index (κ3) is 4.29. The van der Waals surface area contributed by atoms with Crippen LogP contribution in [-0.2, 0) is 20.8 Å². The number of nitrogens with one attached hydrogen (secondary N) is 2. The molecular weight excluding hydrogens is 394 g/mol. The number of H-pyrrole nitrogens is 1. The van der Waals surface area contributed by atoms with Gasteiger partial charge in [-0.3, -0.25) is 29.4 Å². The monoisotopic (exact) mass is 415 g/mol. The smallest absolute Gasteiger partial charge is 0.296 e. The number of imidazole rings is 1. The second-order valence-corrected chi connectivity index (χ2v) is 6.88. The number of benzene rings is 1. The van der Waals surface area contributed by atoms with Gasteiger partial charge in [0, 0.05) is 24.7 Å². The predicted molar refractivity (Wildman–Crippen MR) is 105 cm³/mol. The number of methoxy groups -OCH3 is 1. The van der Waals surface area contributed by atoms with Gasteiger partial charge in [0.1, 0.15) is 17.5 Å². The number of aromatic nitrogens is 2. The van der Waals surface area contributed by atoms with Crippen LogP contribution in [0.1, 0.15) is 25.5 Å². The van der Waals surface area contributed by atoms with Crippen molar-refractivity contribution in [2.45, 2.75) is 38.3 Å². The Balaban J connectivity index is 1.86. The average Bonchev–Trinajstić information content (AvgIpc) is 3.36. The van der Waals surface area contributed by atoms with Crippen LogP contribution in [0.2, 0.25) is 0 Å². The molecule has 1 aliphatic rings. The van der Waals surface area contributed by atoms with Crippen LogP contribution in [0.5, 0.6) is 5.75 Å². The van der Waals surface area contributed by atoms with Crippen LogP contribution in [0.3, 0.4) is 0 Å². The fourth-order valence-electron chi connectivity index (χ4n) is 3.39. The van der Waals surface area contributed by atoms with Gasteiger partial charge in [0.25, 0.3) is 5.69 Å². The zero-order chi connectivity index (χ0) is 21.8. The van der Waals surface area contributed by atoms with Gasteiger partial charge in [-0.05, 0) is 25.5 Å². The number of hydrogen-bond donors (Lipinski definition) is 2. The maximum absolute atomic E-state index is 12.9. The number of hydrogen-bond acceptors (Lipinski definition) is 7. The van der Waals surface area contributed by atoms with Crippen molar-refractivity contribution in [3.05, 3.63) is 46.5 Å². The van der Waals surface area contributed by atoms with E-state index in [0.717, 1.165) is 4.90 Å². The standard InChI is InChI=1S/C19H21N5O6/c1-11(25)14(7-12-9-20-10-21-12)22-19(27)16-5-6-18(26)23(16)15-4-3-13(30-2)8-17(15)24(28)29/h3-4,8-10,14,16H,5-7H2,1-2H3,(H,20,21)(H,22,27)/t14-,16-/m0/s1. The molecule has 2 amide bonds. The summed E-state index contributed by atoms with van der Waals surface area (Å²) in [5.74, 6) is -0.958. The summed E-state index contributed by atoms with van der Waals surface area (Å²) in [6, 6.07) is 2.29. The molecule has 1 aromatic heterocycles. The van der Waals surface area contributed by atoms with E-state index in [-0.39, 0.29) is 42.2 Å². The minimum Gasteiger partial charge on any atom is -0.496 e. The Morgan fingerprint density at radius 2 is 2.23 bits per heavy atom. The molecule has 1 fully saturated rings. The lowest BCUT2D eigenvalue weighted by Gasteiger charge is -2.26. The minimum absolute atomic E-state index is 0.0105. The van der Waals surface area contributed by atoms with E-state index in [1.807, 2.05) is 0 Å². The van der Waals surface area contributed by atoms with Gasteiger partial charge in [-0.1, -0.05) is 0 Å². The molecule has 158 valence electrons. The lowest BCUT2D eigenvalue weighted by Crippen LogP contribution is -2.50. The number of Topliss-reactive ketones (excluding diaryl/α,β-unsaturated/α-hetero) is 1. The summed E-state index contributed by atoms with van der Waals surface area (Å²) in [4.78, 5) is 56.3. The number of carbonyl (C=O) groups is 3. The Labute approximate surface area is 171 Å². The van der Waals surface area contributed by atoms with E-state index in [9.17, 15) is 24.5 Å². The third-order valence-corrected chi connectivity index (χ3v) is 4.94. The maximum atomic E-state index is 12.9. The van der Waals surface area contributed by atoms with Gasteiger partial charge in [0.05, 0.1) is 30.5 Å². The Hall–Kier alpha value is -3.76. The van der Waals surface area contributed by atoms with Crippen molar-refractivity contribution in [2.24, 2.45) is 0 Å². The maximum Gasteiger partial charge on any atom is 0.296 e. The van der Waals surface area contributed by atoms with Gasteiger partial charge in [-0.25, -0.2) is 4.98 Å². The quantitative estimate of drug-likeness (QED) is 0.485. The molecule has 30 heavy (non-hydrogen) atoms. The highest BCUT2D eigenvalue weighted by Gasteiger charge is 2.41. The number of amides is 2. The highest BCUT2D eigenvalue weighted by atomic mass is 16.6. The van der Waals surface area contributed by atoms with Gasteiger partial charge < -0.3 is 15.0 Å². The first-order valence-electron chi connectivity index (χ1n) is 9.24. The number of ketones is 1. The minimum atomic E-state index is -0.965. The van der Waals surface area contributed by atoms with E-state index in [2.05, 4.69) is 15.3 Å². The highest BCUT2D eigenvalue weighted by molar-refractivity contribution is 6.06. The number of nitro benzene ring substituents is 1. The fourth-order valence-corrected chi connectivity index (χ4v) is 3.39. The van der Waals surface area contributed by atoms with E-state index in [4.69, 9.17) is 4.74 Å². The lowest BCUT2D eigenvalue weighted by molar-refractivity contribution is -0.384. The van der Waals surface area contributed by atoms with Crippen LogP contribution in [0.4, 0.5) is 11.4 Å². The summed E-state index contributed by atoms with van der Waals surface area (Å²) < 4.78 is 5.02. The Bertz CT molecular complexity index is 974. The molecule has 2 atom stereocenters. The van der Waals surface area contributed by atoms with Crippen LogP contribution >= 0.6 is 0 Å². The summed E-state index contributed by atoms with van der Waals surface area (Å²) in [6.07, 6.45) is 3.47. The van der Waals surface area contributed by atoms with Gasteiger partial charge >= 0.3 is 0 Å². The first kappa shape index (κ1) is 21.0. The number of nitro groups is 1. The fraction of sp³-hybridized carbons (Fsp3) is 0.368. The van der Waals surface area contributed by atoms with Crippen molar-refractivity contribution in [1.82, 2.24) is 15.3 Å². The molecule has 0 unspecified atom stereocenters. The Morgan fingerprint density at radius 3 is 2.83 bits per heavy atom. The Morgan fingerprint density at radius 1 is 1.47 bits per heavy atom. The van der Waals surface area contributed by atoms with Crippen LogP contribution in [0, 0.1) is 10.1 Å². The molecule has 2 N–H and O–H groups in total. The average molecular weight is 415 g/mol. The number of ether oxygens (including phenoxy) is 1. The second-order valence-electron chi connectivity index (χ2n) is 6.88. The van der Waals surface area contributed by atoms with Crippen molar-refractivity contribution < 1.29 is 24.0 Å². The van der Waals surface area contributed by atoms with Gasteiger partial charge in [0.2, 0.25) is 11.8 Å². The molecule has 0 saturated carbocycles. The summed E-state index contributed by atoms with van der Waals surface area (Å²) in [6.45, 7) is 1.35. The van der Waals surface area contributed by atoms with E-state index < -0.39 is 28.8 Å². The van der Waals surface area contributed by atoms with Gasteiger partial charge in [0.15, 0.2) is 5.78 Å². The molecule has 0 bridgehead atoms. The molecule has 11 nitrogen and oxygen atoms in total. The van der Waals surface area contributed by atoms with E-state index in [0.29, 0.717) is 5.69 Å². The summed E-state index contributed by atoms with van der Waals surface area (Å²) in [5.41, 5.74) is 0.333. The zero-order valence-corrected chi connectivity index (χ0v) is 16.5. The first-order chi connectivity index (χ1) is 14.3. The third-order valence-electron chi connectivity index (χ3n) is 4.94. The molecule has 3 rings (SSSR count). The van der Waals surface area contributed by atoms with Crippen molar-refractivity contribution in [1.29, 1.82) is 0 Å².